The molecule has 1 aliphatic heterocycles. The zero-order valence-electron chi connectivity index (χ0n) is 11.5. The van der Waals surface area contributed by atoms with E-state index in [-0.39, 0.29) is 17.9 Å². The Balaban J connectivity index is 1.61. The molecular formula is C13H18N4O2S. The van der Waals surface area contributed by atoms with Gasteiger partial charge >= 0.3 is 0 Å². The molecule has 1 N–H and O–H groups in total. The lowest BCUT2D eigenvalue weighted by atomic mass is 10.2. The van der Waals surface area contributed by atoms with Crippen LogP contribution in [-0.2, 0) is 11.2 Å². The number of amides is 2. The first kappa shape index (κ1) is 13.5. The van der Waals surface area contributed by atoms with Gasteiger partial charge in [-0.15, -0.1) is 5.10 Å². The van der Waals surface area contributed by atoms with Crippen LogP contribution >= 0.6 is 11.5 Å². The van der Waals surface area contributed by atoms with Gasteiger partial charge in [0.1, 0.15) is 4.88 Å². The van der Waals surface area contributed by atoms with Gasteiger partial charge in [-0.05, 0) is 30.8 Å². The third-order valence-electron chi connectivity index (χ3n) is 3.73. The largest absolute Gasteiger partial charge is 0.346 e. The Bertz CT molecular complexity index is 526. The van der Waals surface area contributed by atoms with Gasteiger partial charge in [-0.2, -0.15) is 0 Å². The molecule has 20 heavy (non-hydrogen) atoms. The lowest BCUT2D eigenvalue weighted by Gasteiger charge is -2.15. The molecule has 0 radical (unpaired) electrons. The molecule has 3 rings (SSSR count). The molecule has 6 nitrogen and oxygen atoms in total. The minimum absolute atomic E-state index is 0.0767. The van der Waals surface area contributed by atoms with Crippen molar-refractivity contribution in [2.75, 3.05) is 6.54 Å². The van der Waals surface area contributed by atoms with Crippen molar-refractivity contribution in [3.05, 3.63) is 10.6 Å². The predicted molar refractivity (Wildman–Crippen MR) is 74.5 cm³/mol. The average Bonchev–Trinajstić information content (AvgIpc) is 3.04. The number of hydrogen-bond acceptors (Lipinski definition) is 5. The maximum Gasteiger partial charge on any atom is 0.265 e. The summed E-state index contributed by atoms with van der Waals surface area (Å²) < 4.78 is 3.86. The van der Waals surface area contributed by atoms with Gasteiger partial charge in [0.25, 0.3) is 5.91 Å². The summed E-state index contributed by atoms with van der Waals surface area (Å²) in [5, 5.41) is 6.95. The summed E-state index contributed by atoms with van der Waals surface area (Å²) >= 11 is 1.13. The Labute approximate surface area is 121 Å². The molecule has 1 atom stereocenters. The van der Waals surface area contributed by atoms with Crippen LogP contribution in [0.25, 0.3) is 0 Å². The van der Waals surface area contributed by atoms with Crippen LogP contribution in [0.15, 0.2) is 0 Å². The van der Waals surface area contributed by atoms with E-state index in [2.05, 4.69) is 14.9 Å². The van der Waals surface area contributed by atoms with Crippen LogP contribution in [0.3, 0.4) is 0 Å². The molecule has 2 aliphatic rings. The van der Waals surface area contributed by atoms with Crippen molar-refractivity contribution in [2.45, 2.75) is 51.1 Å². The summed E-state index contributed by atoms with van der Waals surface area (Å²) in [5.74, 6) is 0.0212. The molecule has 2 heterocycles. The molecule has 0 spiro atoms. The number of carbonyl (C=O) groups excluding carboxylic acids is 2. The van der Waals surface area contributed by atoms with Gasteiger partial charge in [-0.25, -0.2) is 0 Å². The standard InChI is InChI=1S/C13H18N4O2S/c1-2-3-10-12(20-16-15-10)13(19)14-8-6-11(18)17(7-8)9-4-5-9/h8-9H,2-7H2,1H3,(H,14,19). The molecule has 2 fully saturated rings. The molecule has 1 unspecified atom stereocenters. The Morgan fingerprint density at radius 1 is 1.50 bits per heavy atom. The van der Waals surface area contributed by atoms with Gasteiger partial charge < -0.3 is 10.2 Å². The number of aromatic nitrogens is 2. The Morgan fingerprint density at radius 2 is 2.30 bits per heavy atom. The van der Waals surface area contributed by atoms with Gasteiger partial charge in [0.15, 0.2) is 0 Å². The molecule has 1 saturated carbocycles. The summed E-state index contributed by atoms with van der Waals surface area (Å²) in [6, 6.07) is 0.345. The minimum atomic E-state index is -0.140. The van der Waals surface area contributed by atoms with E-state index < -0.39 is 0 Å². The van der Waals surface area contributed by atoms with Crippen LogP contribution in [0.5, 0.6) is 0 Å². The topological polar surface area (TPSA) is 75.2 Å². The molecule has 1 saturated heterocycles. The maximum atomic E-state index is 12.2. The van der Waals surface area contributed by atoms with Gasteiger partial charge in [-0.1, -0.05) is 17.8 Å². The number of hydrogen-bond donors (Lipinski definition) is 1. The summed E-state index contributed by atoms with van der Waals surface area (Å²) in [6.45, 7) is 2.69. The number of nitrogens with one attached hydrogen (secondary N) is 1. The number of rotatable bonds is 5. The zero-order chi connectivity index (χ0) is 14.1. The lowest BCUT2D eigenvalue weighted by molar-refractivity contribution is -0.128. The van der Waals surface area contributed by atoms with E-state index in [0.717, 1.165) is 42.9 Å². The van der Waals surface area contributed by atoms with Crippen LogP contribution in [-0.4, -0.2) is 44.9 Å². The molecule has 108 valence electrons. The van der Waals surface area contributed by atoms with Crippen molar-refractivity contribution in [1.82, 2.24) is 19.8 Å². The molecule has 0 aromatic carbocycles. The highest BCUT2D eigenvalue weighted by molar-refractivity contribution is 7.08. The van der Waals surface area contributed by atoms with Crippen molar-refractivity contribution in [3.8, 4) is 0 Å². The van der Waals surface area contributed by atoms with Crippen molar-refractivity contribution in [3.63, 3.8) is 0 Å². The highest BCUT2D eigenvalue weighted by Crippen LogP contribution is 2.30. The van der Waals surface area contributed by atoms with E-state index in [4.69, 9.17) is 0 Å². The van der Waals surface area contributed by atoms with Crippen LogP contribution < -0.4 is 5.32 Å². The normalized spacial score (nSPS) is 22.4. The van der Waals surface area contributed by atoms with E-state index in [1.807, 2.05) is 11.8 Å². The van der Waals surface area contributed by atoms with Crippen molar-refractivity contribution in [2.24, 2.45) is 0 Å². The van der Waals surface area contributed by atoms with Crippen LogP contribution in [0.2, 0.25) is 0 Å². The molecular weight excluding hydrogens is 276 g/mol. The zero-order valence-corrected chi connectivity index (χ0v) is 12.3. The first-order chi connectivity index (χ1) is 9.69. The summed E-state index contributed by atoms with van der Waals surface area (Å²) in [5.41, 5.74) is 0.762. The van der Waals surface area contributed by atoms with Gasteiger partial charge in [0, 0.05) is 19.0 Å². The molecule has 1 aliphatic carbocycles. The van der Waals surface area contributed by atoms with Crippen LogP contribution in [0.1, 0.15) is 48.0 Å². The highest BCUT2D eigenvalue weighted by atomic mass is 32.1. The first-order valence-electron chi connectivity index (χ1n) is 7.10. The third-order valence-corrected chi connectivity index (χ3v) is 4.50. The number of likely N-dealkylation sites (tertiary alicyclic amines) is 1. The van der Waals surface area contributed by atoms with E-state index >= 15 is 0 Å². The number of carbonyl (C=O) groups is 2. The minimum Gasteiger partial charge on any atom is -0.346 e. The third kappa shape index (κ3) is 2.67. The number of nitrogens with zero attached hydrogens (tertiary/aromatic N) is 3. The summed E-state index contributed by atoms with van der Waals surface area (Å²) in [7, 11) is 0. The lowest BCUT2D eigenvalue weighted by Crippen LogP contribution is -2.37. The maximum absolute atomic E-state index is 12.2. The van der Waals surface area contributed by atoms with Gasteiger partial charge in [-0.3, -0.25) is 9.59 Å². The van der Waals surface area contributed by atoms with Crippen molar-refractivity contribution >= 4 is 23.3 Å². The average molecular weight is 294 g/mol. The summed E-state index contributed by atoms with van der Waals surface area (Å²) in [4.78, 5) is 26.6. The van der Waals surface area contributed by atoms with E-state index in [9.17, 15) is 9.59 Å². The first-order valence-corrected chi connectivity index (χ1v) is 7.88. The van der Waals surface area contributed by atoms with Crippen LogP contribution in [0.4, 0.5) is 0 Å². The molecule has 1 aromatic rings. The number of aryl methyl sites for hydroxylation is 1. The Hall–Kier alpha value is -1.50. The van der Waals surface area contributed by atoms with Gasteiger partial charge in [0.2, 0.25) is 5.91 Å². The second-order valence-electron chi connectivity index (χ2n) is 5.45. The second kappa shape index (κ2) is 5.47. The Morgan fingerprint density at radius 3 is 3.00 bits per heavy atom. The van der Waals surface area contributed by atoms with E-state index in [0.29, 0.717) is 23.9 Å². The Kier molecular flexibility index (Phi) is 3.69. The second-order valence-corrected chi connectivity index (χ2v) is 6.20. The van der Waals surface area contributed by atoms with Crippen molar-refractivity contribution in [1.29, 1.82) is 0 Å². The smallest absolute Gasteiger partial charge is 0.265 e. The monoisotopic (exact) mass is 294 g/mol. The molecule has 2 amide bonds. The molecule has 7 heteroatoms. The highest BCUT2D eigenvalue weighted by Gasteiger charge is 2.39. The van der Waals surface area contributed by atoms with E-state index in [1.165, 1.54) is 0 Å². The van der Waals surface area contributed by atoms with E-state index in [1.54, 1.807) is 0 Å². The molecule has 0 bridgehead atoms. The quantitative estimate of drug-likeness (QED) is 0.878. The fourth-order valence-electron chi connectivity index (χ4n) is 2.60. The van der Waals surface area contributed by atoms with Gasteiger partial charge in [0.05, 0.1) is 11.7 Å². The fraction of sp³-hybridized carbons (Fsp3) is 0.692. The summed E-state index contributed by atoms with van der Waals surface area (Å²) in [6.07, 6.45) is 4.31. The van der Waals surface area contributed by atoms with Crippen molar-refractivity contribution < 1.29 is 9.59 Å². The molecule has 1 aromatic heterocycles. The SMILES string of the molecule is CCCc1nnsc1C(=O)NC1CC(=O)N(C2CC2)C1. The fourth-order valence-corrected chi connectivity index (χ4v) is 3.21. The van der Waals surface area contributed by atoms with Crippen LogP contribution in [0, 0.1) is 0 Å². The predicted octanol–water partition coefficient (Wildman–Crippen LogP) is 0.984.